The quantitative estimate of drug-likeness (QED) is 0.461. The van der Waals surface area contributed by atoms with E-state index < -0.39 is 0 Å². The van der Waals surface area contributed by atoms with Crippen LogP contribution in [0.4, 0.5) is 0 Å². The van der Waals surface area contributed by atoms with Gasteiger partial charge in [0.1, 0.15) is 11.5 Å². The van der Waals surface area contributed by atoms with Gasteiger partial charge in [0.2, 0.25) is 5.56 Å². The largest absolute Gasteiger partial charge is 0.496 e. The molecule has 1 heterocycles. The zero-order chi connectivity index (χ0) is 20.8. The van der Waals surface area contributed by atoms with Gasteiger partial charge in [0, 0.05) is 12.1 Å². The van der Waals surface area contributed by atoms with Crippen LogP contribution < -0.4 is 20.3 Å². The average Bonchev–Trinajstić information content (AvgIpc) is 3.54. The predicted octanol–water partition coefficient (Wildman–Crippen LogP) is 4.48. The summed E-state index contributed by atoms with van der Waals surface area (Å²) in [6.45, 7) is 2.82. The molecule has 0 aliphatic heterocycles. The van der Waals surface area contributed by atoms with Crippen LogP contribution in [0.1, 0.15) is 37.2 Å². The van der Waals surface area contributed by atoms with Gasteiger partial charge in [0.05, 0.1) is 19.2 Å². The number of benzene rings is 2. The lowest BCUT2D eigenvalue weighted by Crippen LogP contribution is -2.18. The number of hydrogen-bond donors (Lipinski definition) is 2. The average molecular weight is 407 g/mol. The molecule has 1 fully saturated rings. The number of hydrogen-bond acceptors (Lipinski definition) is 4. The fourth-order valence-corrected chi connectivity index (χ4v) is 4.05. The highest BCUT2D eigenvalue weighted by Gasteiger charge is 2.39. The Morgan fingerprint density at radius 3 is 2.83 bits per heavy atom. The van der Waals surface area contributed by atoms with Crippen molar-refractivity contribution in [3.63, 3.8) is 0 Å². The standard InChI is InChI=1S/C25H30N2O3/c1-29-24-8-4-3-7-21(24)22-15-19(22)17-26-13-5-2-6-14-30-20-11-9-18-10-12-25(28)27-23(18)16-20/h3-4,7-12,16,19,22,26H,2,5-6,13-15,17H2,1H3,(H,27,28)/t19-,22+/m0/s1. The fourth-order valence-electron chi connectivity index (χ4n) is 4.05. The number of para-hydroxylation sites is 1. The minimum Gasteiger partial charge on any atom is -0.496 e. The highest BCUT2D eigenvalue weighted by molar-refractivity contribution is 5.79. The van der Waals surface area contributed by atoms with Crippen molar-refractivity contribution in [3.05, 3.63) is 70.5 Å². The number of H-pyrrole nitrogens is 1. The zero-order valence-corrected chi connectivity index (χ0v) is 17.5. The maximum Gasteiger partial charge on any atom is 0.248 e. The van der Waals surface area contributed by atoms with Crippen molar-refractivity contribution in [2.45, 2.75) is 31.6 Å². The number of pyridine rings is 1. The van der Waals surface area contributed by atoms with Gasteiger partial charge in [-0.25, -0.2) is 0 Å². The van der Waals surface area contributed by atoms with Crippen molar-refractivity contribution in [2.24, 2.45) is 5.92 Å². The molecule has 0 radical (unpaired) electrons. The van der Waals surface area contributed by atoms with Gasteiger partial charge in [-0.3, -0.25) is 4.79 Å². The fraction of sp³-hybridized carbons (Fsp3) is 0.400. The minimum atomic E-state index is -0.0902. The number of nitrogens with one attached hydrogen (secondary N) is 2. The molecule has 1 saturated carbocycles. The zero-order valence-electron chi connectivity index (χ0n) is 17.5. The molecule has 0 unspecified atom stereocenters. The van der Waals surface area contributed by atoms with Crippen molar-refractivity contribution < 1.29 is 9.47 Å². The van der Waals surface area contributed by atoms with Crippen LogP contribution in [-0.4, -0.2) is 31.8 Å². The van der Waals surface area contributed by atoms with Crippen LogP contribution >= 0.6 is 0 Å². The maximum absolute atomic E-state index is 11.4. The Kier molecular flexibility index (Phi) is 6.70. The van der Waals surface area contributed by atoms with E-state index in [0.717, 1.165) is 60.7 Å². The molecule has 0 spiro atoms. The van der Waals surface area contributed by atoms with Gasteiger partial charge in [-0.1, -0.05) is 18.2 Å². The third-order valence-electron chi connectivity index (χ3n) is 5.83. The lowest BCUT2D eigenvalue weighted by atomic mass is 10.1. The summed E-state index contributed by atoms with van der Waals surface area (Å²) in [4.78, 5) is 14.3. The van der Waals surface area contributed by atoms with Crippen LogP contribution in [0.25, 0.3) is 10.9 Å². The molecule has 30 heavy (non-hydrogen) atoms. The Labute approximate surface area is 177 Å². The van der Waals surface area contributed by atoms with E-state index in [9.17, 15) is 4.79 Å². The smallest absolute Gasteiger partial charge is 0.248 e. The summed E-state index contributed by atoms with van der Waals surface area (Å²) in [6, 6.07) is 17.6. The Balaban J connectivity index is 1.08. The molecule has 0 saturated heterocycles. The Morgan fingerprint density at radius 1 is 1.07 bits per heavy atom. The Hall–Kier alpha value is -2.79. The van der Waals surface area contributed by atoms with E-state index in [4.69, 9.17) is 9.47 Å². The van der Waals surface area contributed by atoms with Crippen molar-refractivity contribution in [1.82, 2.24) is 10.3 Å². The second kappa shape index (κ2) is 9.81. The molecule has 2 aromatic carbocycles. The van der Waals surface area contributed by atoms with Crippen LogP contribution in [0, 0.1) is 5.92 Å². The third-order valence-corrected chi connectivity index (χ3v) is 5.83. The molecule has 5 heteroatoms. The van der Waals surface area contributed by atoms with Crippen LogP contribution in [0.2, 0.25) is 0 Å². The van der Waals surface area contributed by atoms with E-state index in [1.54, 1.807) is 13.2 Å². The van der Waals surface area contributed by atoms with Crippen molar-refractivity contribution in [2.75, 3.05) is 26.8 Å². The van der Waals surface area contributed by atoms with Crippen molar-refractivity contribution >= 4 is 10.9 Å². The summed E-state index contributed by atoms with van der Waals surface area (Å²) < 4.78 is 11.3. The molecule has 4 rings (SSSR count). The number of methoxy groups -OCH3 is 1. The van der Waals surface area contributed by atoms with Crippen LogP contribution in [0.15, 0.2) is 59.4 Å². The van der Waals surface area contributed by atoms with E-state index in [2.05, 4.69) is 28.5 Å². The monoisotopic (exact) mass is 406 g/mol. The van der Waals surface area contributed by atoms with Gasteiger partial charge in [-0.2, -0.15) is 0 Å². The van der Waals surface area contributed by atoms with Crippen LogP contribution in [0.3, 0.4) is 0 Å². The first kappa shape index (κ1) is 20.5. The van der Waals surface area contributed by atoms with E-state index >= 15 is 0 Å². The third kappa shape index (κ3) is 5.22. The number of unbranched alkanes of at least 4 members (excludes halogenated alkanes) is 2. The Morgan fingerprint density at radius 2 is 1.93 bits per heavy atom. The highest BCUT2D eigenvalue weighted by atomic mass is 16.5. The number of rotatable bonds is 11. The van der Waals surface area contributed by atoms with E-state index in [1.165, 1.54) is 12.0 Å². The first-order chi connectivity index (χ1) is 14.7. The molecule has 3 aromatic rings. The lowest BCUT2D eigenvalue weighted by Gasteiger charge is -2.09. The van der Waals surface area contributed by atoms with Crippen molar-refractivity contribution in [3.8, 4) is 11.5 Å². The van der Waals surface area contributed by atoms with E-state index in [0.29, 0.717) is 12.5 Å². The lowest BCUT2D eigenvalue weighted by molar-refractivity contribution is 0.305. The summed E-state index contributed by atoms with van der Waals surface area (Å²) in [6.07, 6.45) is 4.56. The molecule has 5 nitrogen and oxygen atoms in total. The number of ether oxygens (including phenoxy) is 2. The van der Waals surface area contributed by atoms with Gasteiger partial charge in [0.25, 0.3) is 0 Å². The molecule has 1 aromatic heterocycles. The minimum absolute atomic E-state index is 0.0902. The molecule has 2 atom stereocenters. The van der Waals surface area contributed by atoms with E-state index in [-0.39, 0.29) is 5.56 Å². The van der Waals surface area contributed by atoms with Crippen LogP contribution in [-0.2, 0) is 0 Å². The molecule has 1 aliphatic rings. The normalized spacial score (nSPS) is 17.8. The Bertz CT molecular complexity index is 1030. The predicted molar refractivity (Wildman–Crippen MR) is 121 cm³/mol. The summed E-state index contributed by atoms with van der Waals surface area (Å²) >= 11 is 0. The van der Waals surface area contributed by atoms with Gasteiger partial charge in [-0.05, 0) is 85.8 Å². The highest BCUT2D eigenvalue weighted by Crippen LogP contribution is 2.49. The second-order valence-electron chi connectivity index (χ2n) is 8.03. The van der Waals surface area contributed by atoms with Gasteiger partial charge in [-0.15, -0.1) is 0 Å². The molecule has 0 bridgehead atoms. The molecule has 0 amide bonds. The number of aromatic nitrogens is 1. The maximum atomic E-state index is 11.4. The van der Waals surface area contributed by atoms with Gasteiger partial charge < -0.3 is 19.8 Å². The second-order valence-corrected chi connectivity index (χ2v) is 8.03. The first-order valence-corrected chi connectivity index (χ1v) is 10.8. The topological polar surface area (TPSA) is 63.4 Å². The molecule has 1 aliphatic carbocycles. The van der Waals surface area contributed by atoms with Crippen molar-refractivity contribution in [1.29, 1.82) is 0 Å². The van der Waals surface area contributed by atoms with Crippen LogP contribution in [0.5, 0.6) is 11.5 Å². The molecular formula is C25H30N2O3. The first-order valence-electron chi connectivity index (χ1n) is 10.8. The summed E-state index contributed by atoms with van der Waals surface area (Å²) in [5.41, 5.74) is 2.07. The molecular weight excluding hydrogens is 376 g/mol. The summed E-state index contributed by atoms with van der Waals surface area (Å²) in [7, 11) is 1.75. The number of aromatic amines is 1. The number of fused-ring (bicyclic) bond motifs is 1. The molecule has 2 N–H and O–H groups in total. The van der Waals surface area contributed by atoms with Gasteiger partial charge >= 0.3 is 0 Å². The molecule has 158 valence electrons. The van der Waals surface area contributed by atoms with E-state index in [1.807, 2.05) is 30.3 Å². The SMILES string of the molecule is COc1ccccc1[C@@H]1C[C@H]1CNCCCCCOc1ccc2ccc(=O)[nH]c2c1. The van der Waals surface area contributed by atoms with Gasteiger partial charge in [0.15, 0.2) is 0 Å². The summed E-state index contributed by atoms with van der Waals surface area (Å²) in [5, 5.41) is 4.61. The summed E-state index contributed by atoms with van der Waals surface area (Å²) in [5.74, 6) is 3.18.